The fraction of sp³-hybridized carbons (Fsp3) is 0.789. The van der Waals surface area contributed by atoms with E-state index in [1.54, 1.807) is 0 Å². The van der Waals surface area contributed by atoms with Gasteiger partial charge in [0.15, 0.2) is 0 Å². The van der Waals surface area contributed by atoms with E-state index in [0.717, 1.165) is 25.7 Å². The predicted molar refractivity (Wildman–Crippen MR) is 103 cm³/mol. The number of carbonyl (C=O) groups excluding carboxylic acids is 2. The van der Waals surface area contributed by atoms with Crippen LogP contribution in [0.1, 0.15) is 77.0 Å². The smallest absolute Gasteiger partial charge is 0.321 e. The third-order valence-electron chi connectivity index (χ3n) is 5.98. The van der Waals surface area contributed by atoms with Gasteiger partial charge in [-0.2, -0.15) is 0 Å². The number of thioether (sulfide) groups is 1. The molecule has 2 aliphatic rings. The Morgan fingerprint density at radius 3 is 2.63 bits per heavy atom. The Morgan fingerprint density at radius 2 is 1.85 bits per heavy atom. The Morgan fingerprint density at radius 1 is 1.07 bits per heavy atom. The van der Waals surface area contributed by atoms with Crippen LogP contribution in [0.15, 0.2) is 9.64 Å². The van der Waals surface area contributed by atoms with E-state index in [2.05, 4.69) is 34.7 Å². The number of amides is 3. The maximum atomic E-state index is 12.1. The van der Waals surface area contributed by atoms with Crippen molar-refractivity contribution in [2.45, 2.75) is 82.4 Å². The van der Waals surface area contributed by atoms with E-state index in [0.29, 0.717) is 28.9 Å². The predicted octanol–water partition coefficient (Wildman–Crippen LogP) is 3.86. The van der Waals surface area contributed by atoms with Gasteiger partial charge < -0.3 is 9.73 Å². The van der Waals surface area contributed by atoms with E-state index in [-0.39, 0.29) is 17.7 Å². The molecule has 3 amide bonds. The van der Waals surface area contributed by atoms with Crippen molar-refractivity contribution in [2.24, 2.45) is 11.8 Å². The summed E-state index contributed by atoms with van der Waals surface area (Å²) in [5, 5.41) is 13.9. The second-order valence-corrected chi connectivity index (χ2v) is 8.85. The Kier molecular flexibility index (Phi) is 7.15. The van der Waals surface area contributed by atoms with E-state index < -0.39 is 6.03 Å². The molecule has 150 valence electrons. The van der Waals surface area contributed by atoms with Crippen molar-refractivity contribution in [2.75, 3.05) is 5.75 Å². The lowest BCUT2D eigenvalue weighted by atomic mass is 9.78. The highest BCUT2D eigenvalue weighted by molar-refractivity contribution is 7.99. The van der Waals surface area contributed by atoms with Crippen LogP contribution in [0.2, 0.25) is 0 Å². The molecule has 0 aliphatic heterocycles. The highest BCUT2D eigenvalue weighted by Gasteiger charge is 2.28. The maximum Gasteiger partial charge on any atom is 0.321 e. The van der Waals surface area contributed by atoms with Gasteiger partial charge in [0.2, 0.25) is 11.8 Å². The number of aromatic nitrogens is 2. The molecule has 27 heavy (non-hydrogen) atoms. The van der Waals surface area contributed by atoms with E-state index in [1.807, 2.05) is 0 Å². The summed E-state index contributed by atoms with van der Waals surface area (Å²) in [7, 11) is 0. The fourth-order valence-electron chi connectivity index (χ4n) is 4.07. The second kappa shape index (κ2) is 9.57. The minimum absolute atomic E-state index is 0.0797. The summed E-state index contributed by atoms with van der Waals surface area (Å²) in [4.78, 5) is 24.1. The molecule has 3 unspecified atom stereocenters. The van der Waals surface area contributed by atoms with Crippen molar-refractivity contribution < 1.29 is 14.0 Å². The zero-order valence-electron chi connectivity index (χ0n) is 16.2. The van der Waals surface area contributed by atoms with Crippen LogP contribution in [0.5, 0.6) is 0 Å². The van der Waals surface area contributed by atoms with Gasteiger partial charge in [0.1, 0.15) is 0 Å². The number of carbonyl (C=O) groups is 2. The minimum Gasteiger partial charge on any atom is -0.416 e. The fourth-order valence-corrected chi connectivity index (χ4v) is 4.64. The number of hydrogen-bond donors (Lipinski definition) is 2. The number of imide groups is 1. The summed E-state index contributed by atoms with van der Waals surface area (Å²) in [6, 6.07) is -0.289. The van der Waals surface area contributed by atoms with Crippen LogP contribution in [0, 0.1) is 11.8 Å². The number of nitrogens with one attached hydrogen (secondary N) is 2. The van der Waals surface area contributed by atoms with Gasteiger partial charge in [-0.3, -0.25) is 10.1 Å². The first kappa shape index (κ1) is 20.2. The molecule has 3 rings (SSSR count). The molecule has 0 saturated heterocycles. The topological polar surface area (TPSA) is 97.1 Å². The molecule has 1 aromatic heterocycles. The van der Waals surface area contributed by atoms with Gasteiger partial charge in [0.25, 0.3) is 5.22 Å². The lowest BCUT2D eigenvalue weighted by Gasteiger charge is -2.34. The van der Waals surface area contributed by atoms with Gasteiger partial charge in [0, 0.05) is 12.0 Å². The average Bonchev–Trinajstić information content (AvgIpc) is 3.14. The van der Waals surface area contributed by atoms with Crippen molar-refractivity contribution in [3.63, 3.8) is 0 Å². The summed E-state index contributed by atoms with van der Waals surface area (Å²) >= 11 is 1.17. The number of urea groups is 1. The van der Waals surface area contributed by atoms with Crippen molar-refractivity contribution in [3.8, 4) is 0 Å². The van der Waals surface area contributed by atoms with E-state index in [4.69, 9.17) is 4.42 Å². The zero-order valence-corrected chi connectivity index (χ0v) is 17.0. The van der Waals surface area contributed by atoms with Crippen LogP contribution in [0.25, 0.3) is 0 Å². The molecule has 0 radical (unpaired) electrons. The Labute approximate surface area is 164 Å². The summed E-state index contributed by atoms with van der Waals surface area (Å²) < 4.78 is 5.69. The van der Waals surface area contributed by atoms with Gasteiger partial charge in [-0.15, -0.1) is 10.2 Å². The third kappa shape index (κ3) is 5.70. The normalized spacial score (nSPS) is 26.5. The van der Waals surface area contributed by atoms with Gasteiger partial charge in [-0.05, 0) is 31.1 Å². The molecule has 0 spiro atoms. The molecule has 1 heterocycles. The molecule has 0 aromatic carbocycles. The Hall–Kier alpha value is -1.57. The molecule has 2 fully saturated rings. The first-order valence-corrected chi connectivity index (χ1v) is 11.1. The molecule has 8 heteroatoms. The monoisotopic (exact) mass is 394 g/mol. The van der Waals surface area contributed by atoms with Crippen LogP contribution in [-0.2, 0) is 4.79 Å². The molecule has 0 bridgehead atoms. The molecular weight excluding hydrogens is 364 g/mol. The quantitative estimate of drug-likeness (QED) is 0.736. The number of nitrogens with zero attached hydrogens (tertiary/aromatic N) is 2. The average molecular weight is 395 g/mol. The summed E-state index contributed by atoms with van der Waals surface area (Å²) in [6.45, 7) is 4.37. The van der Waals surface area contributed by atoms with Gasteiger partial charge in [-0.25, -0.2) is 4.79 Å². The molecule has 2 N–H and O–H groups in total. The van der Waals surface area contributed by atoms with Crippen molar-refractivity contribution >= 4 is 23.7 Å². The van der Waals surface area contributed by atoms with Crippen LogP contribution >= 0.6 is 11.8 Å². The minimum atomic E-state index is -0.417. The van der Waals surface area contributed by atoms with Gasteiger partial charge >= 0.3 is 6.03 Å². The van der Waals surface area contributed by atoms with Crippen LogP contribution in [-0.4, -0.2) is 33.9 Å². The highest BCUT2D eigenvalue weighted by atomic mass is 32.2. The molecule has 7 nitrogen and oxygen atoms in total. The lowest BCUT2D eigenvalue weighted by Crippen LogP contribution is -2.49. The summed E-state index contributed by atoms with van der Waals surface area (Å²) in [5.41, 5.74) is 0. The highest BCUT2D eigenvalue weighted by Crippen LogP contribution is 2.33. The van der Waals surface area contributed by atoms with Crippen molar-refractivity contribution in [1.29, 1.82) is 0 Å². The molecule has 1 aromatic rings. The van der Waals surface area contributed by atoms with E-state index in [1.165, 1.54) is 37.4 Å². The van der Waals surface area contributed by atoms with Crippen molar-refractivity contribution in [3.05, 3.63) is 5.89 Å². The third-order valence-corrected chi connectivity index (χ3v) is 6.80. The van der Waals surface area contributed by atoms with E-state index in [9.17, 15) is 9.59 Å². The standard InChI is InChI=1S/C19H30N4O3S/c1-12-7-6-10-15(13(12)2)20-18(25)21-16(24)11-27-19-23-22-17(26-19)14-8-4-3-5-9-14/h12-15H,3-11H2,1-2H3,(H2,20,21,24,25). The molecule has 2 aliphatic carbocycles. The molecular formula is C19H30N4O3S. The first-order chi connectivity index (χ1) is 13.0. The lowest BCUT2D eigenvalue weighted by molar-refractivity contribution is -0.117. The second-order valence-electron chi connectivity index (χ2n) is 7.93. The van der Waals surface area contributed by atoms with Crippen LogP contribution in [0.3, 0.4) is 0 Å². The summed E-state index contributed by atoms with van der Waals surface area (Å²) in [5.74, 6) is 1.76. The van der Waals surface area contributed by atoms with Crippen molar-refractivity contribution in [1.82, 2.24) is 20.8 Å². The van der Waals surface area contributed by atoms with Crippen LogP contribution in [0.4, 0.5) is 4.79 Å². The zero-order chi connectivity index (χ0) is 19.2. The number of hydrogen-bond acceptors (Lipinski definition) is 6. The number of rotatable bonds is 5. The maximum absolute atomic E-state index is 12.1. The largest absolute Gasteiger partial charge is 0.416 e. The van der Waals surface area contributed by atoms with Crippen LogP contribution < -0.4 is 10.6 Å². The Balaban J connectivity index is 1.40. The SMILES string of the molecule is CC1CCCC(NC(=O)NC(=O)CSc2nnc(C3CCCCC3)o2)C1C. The molecule has 2 saturated carbocycles. The Bertz CT molecular complexity index is 645. The van der Waals surface area contributed by atoms with E-state index >= 15 is 0 Å². The van der Waals surface area contributed by atoms with Gasteiger partial charge in [0.05, 0.1) is 5.75 Å². The van der Waals surface area contributed by atoms with Gasteiger partial charge in [-0.1, -0.05) is 57.7 Å². The molecule has 3 atom stereocenters. The first-order valence-electron chi connectivity index (χ1n) is 10.1. The summed E-state index contributed by atoms with van der Waals surface area (Å²) in [6.07, 6.45) is 9.12.